The lowest BCUT2D eigenvalue weighted by molar-refractivity contribution is -0.146. The molecule has 4 aliphatic carbocycles. The number of carbonyl (C=O) groups excluding carboxylic acids is 2. The van der Waals surface area contributed by atoms with E-state index in [-0.39, 0.29) is 29.7 Å². The Hall–Kier alpha value is -2.15. The lowest BCUT2D eigenvalue weighted by atomic mass is 9.82. The second-order valence-electron chi connectivity index (χ2n) is 8.84. The van der Waals surface area contributed by atoms with Gasteiger partial charge in [0.15, 0.2) is 0 Å². The third-order valence-corrected chi connectivity index (χ3v) is 8.33. The Balaban J connectivity index is 1.40. The summed E-state index contributed by atoms with van der Waals surface area (Å²) in [5.74, 6) is -2.58. The van der Waals surface area contributed by atoms with Gasteiger partial charge in [-0.25, -0.2) is 0 Å². The van der Waals surface area contributed by atoms with Gasteiger partial charge in [-0.2, -0.15) is 0 Å². The molecule has 2 fully saturated rings. The predicted octanol–water partition coefficient (Wildman–Crippen LogP) is 3.37. The van der Waals surface area contributed by atoms with Gasteiger partial charge in [-0.15, -0.1) is 11.3 Å². The molecule has 154 valence electrons. The van der Waals surface area contributed by atoms with Crippen LogP contribution in [0.25, 0.3) is 0 Å². The largest absolute Gasteiger partial charge is 0.481 e. The molecule has 6 nitrogen and oxygen atoms in total. The fourth-order valence-electron chi connectivity index (χ4n) is 5.77. The van der Waals surface area contributed by atoms with Gasteiger partial charge in [0.1, 0.15) is 5.00 Å². The van der Waals surface area contributed by atoms with Crippen LogP contribution in [0.2, 0.25) is 0 Å². The van der Waals surface area contributed by atoms with Crippen LogP contribution in [-0.2, 0) is 22.4 Å². The lowest BCUT2D eigenvalue weighted by Crippen LogP contribution is -2.37. The third kappa shape index (κ3) is 3.19. The van der Waals surface area contributed by atoms with E-state index in [0.717, 1.165) is 56.9 Å². The molecule has 4 atom stereocenters. The number of allylic oxidation sites excluding steroid dienone is 2. The van der Waals surface area contributed by atoms with Crippen molar-refractivity contribution in [3.8, 4) is 0 Å². The first-order valence-electron chi connectivity index (χ1n) is 10.7. The number of aryl methyl sites for hydroxylation is 1. The van der Waals surface area contributed by atoms with Crippen molar-refractivity contribution in [2.45, 2.75) is 57.4 Å². The monoisotopic (exact) mass is 414 g/mol. The lowest BCUT2D eigenvalue weighted by Gasteiger charge is -2.24. The molecule has 1 aromatic heterocycles. The number of aliphatic carboxylic acids is 1. The number of fused-ring (bicyclic) bond motifs is 3. The number of carboxylic acid groups (broad SMARTS) is 1. The molecular weight excluding hydrogens is 388 g/mol. The summed E-state index contributed by atoms with van der Waals surface area (Å²) in [7, 11) is 0. The summed E-state index contributed by atoms with van der Waals surface area (Å²) in [6, 6.07) is 0.218. The molecule has 4 aliphatic rings. The van der Waals surface area contributed by atoms with Gasteiger partial charge in [-0.3, -0.25) is 14.4 Å². The first-order chi connectivity index (χ1) is 14.0. The molecule has 2 bridgehead atoms. The summed E-state index contributed by atoms with van der Waals surface area (Å²) in [6.45, 7) is 0. The van der Waals surface area contributed by atoms with Gasteiger partial charge in [0.2, 0.25) is 5.91 Å². The zero-order valence-corrected chi connectivity index (χ0v) is 17.1. The summed E-state index contributed by atoms with van der Waals surface area (Å²) in [6.07, 6.45) is 11.8. The molecule has 7 heteroatoms. The van der Waals surface area contributed by atoms with Crippen LogP contribution in [0.3, 0.4) is 0 Å². The average molecular weight is 415 g/mol. The van der Waals surface area contributed by atoms with E-state index in [1.54, 1.807) is 0 Å². The van der Waals surface area contributed by atoms with Crippen LogP contribution in [0, 0.1) is 23.7 Å². The normalized spacial score (nSPS) is 29.9. The predicted molar refractivity (Wildman–Crippen MR) is 110 cm³/mol. The van der Waals surface area contributed by atoms with E-state index < -0.39 is 17.8 Å². The fraction of sp³-hybridized carbons (Fsp3) is 0.591. The van der Waals surface area contributed by atoms with Gasteiger partial charge < -0.3 is 15.7 Å². The van der Waals surface area contributed by atoms with Crippen molar-refractivity contribution in [1.82, 2.24) is 5.32 Å². The van der Waals surface area contributed by atoms with Crippen molar-refractivity contribution in [2.24, 2.45) is 23.7 Å². The quantitative estimate of drug-likeness (QED) is 0.644. The molecule has 0 aromatic carbocycles. The molecule has 0 radical (unpaired) electrons. The highest BCUT2D eigenvalue weighted by Gasteiger charge is 2.51. The van der Waals surface area contributed by atoms with Crippen LogP contribution in [0.15, 0.2) is 12.2 Å². The van der Waals surface area contributed by atoms with Crippen LogP contribution in [0.4, 0.5) is 5.00 Å². The summed E-state index contributed by atoms with van der Waals surface area (Å²) in [5.41, 5.74) is 1.69. The molecule has 2 amide bonds. The van der Waals surface area contributed by atoms with E-state index >= 15 is 0 Å². The van der Waals surface area contributed by atoms with Gasteiger partial charge in [0, 0.05) is 10.9 Å². The first kappa shape index (κ1) is 18.9. The Labute approximate surface area is 173 Å². The molecule has 1 heterocycles. The first-order valence-corrected chi connectivity index (χ1v) is 11.5. The SMILES string of the molecule is O=C(NC1CCCC1)c1c(NC(=O)[C@@H]2[C@H](C(=O)O)[C@H]3C=C[C@H]2C3)sc2c1CCC2. The minimum atomic E-state index is -0.908. The standard InChI is InChI=1S/C22H26N2O4S/c25-19(16-11-8-9-12(10-11)17(16)22(27)28)24-21-18(14-6-3-7-15(14)29-21)20(26)23-13-4-1-2-5-13/h8-9,11-13,16-17H,1-7,10H2,(H,23,26)(H,24,25)(H,27,28)/t11-,12-,16-,17+/m0/s1. The van der Waals surface area contributed by atoms with E-state index in [1.807, 2.05) is 12.2 Å². The van der Waals surface area contributed by atoms with Crippen LogP contribution in [0.1, 0.15) is 59.3 Å². The van der Waals surface area contributed by atoms with Gasteiger partial charge in [-0.1, -0.05) is 25.0 Å². The summed E-state index contributed by atoms with van der Waals surface area (Å²) < 4.78 is 0. The average Bonchev–Trinajstić information content (AvgIpc) is 3.46. The Morgan fingerprint density at radius 1 is 1.00 bits per heavy atom. The summed E-state index contributed by atoms with van der Waals surface area (Å²) >= 11 is 1.49. The van der Waals surface area contributed by atoms with Crippen molar-refractivity contribution in [3.63, 3.8) is 0 Å². The minimum Gasteiger partial charge on any atom is -0.481 e. The molecule has 0 spiro atoms. The number of rotatable bonds is 5. The molecule has 0 unspecified atom stereocenters. The molecular formula is C22H26N2O4S. The van der Waals surface area contributed by atoms with Crippen molar-refractivity contribution in [1.29, 1.82) is 0 Å². The van der Waals surface area contributed by atoms with E-state index in [4.69, 9.17) is 0 Å². The number of hydrogen-bond donors (Lipinski definition) is 3. The van der Waals surface area contributed by atoms with Gasteiger partial charge >= 0.3 is 5.97 Å². The Bertz CT molecular complexity index is 899. The summed E-state index contributed by atoms with van der Waals surface area (Å²) in [5, 5.41) is 16.4. The maximum Gasteiger partial charge on any atom is 0.307 e. The van der Waals surface area contributed by atoms with Crippen molar-refractivity contribution in [2.75, 3.05) is 5.32 Å². The van der Waals surface area contributed by atoms with Crippen molar-refractivity contribution >= 4 is 34.1 Å². The molecule has 1 aromatic rings. The Morgan fingerprint density at radius 2 is 1.72 bits per heavy atom. The number of thiophene rings is 1. The topological polar surface area (TPSA) is 95.5 Å². The number of nitrogens with one attached hydrogen (secondary N) is 2. The Kier molecular flexibility index (Phi) is 4.73. The number of anilines is 1. The zero-order valence-electron chi connectivity index (χ0n) is 16.3. The number of amides is 2. The van der Waals surface area contributed by atoms with E-state index in [0.29, 0.717) is 10.6 Å². The molecule has 2 saturated carbocycles. The van der Waals surface area contributed by atoms with Crippen molar-refractivity contribution in [3.05, 3.63) is 28.2 Å². The van der Waals surface area contributed by atoms with Crippen LogP contribution in [-0.4, -0.2) is 28.9 Å². The van der Waals surface area contributed by atoms with Gasteiger partial charge in [0.05, 0.1) is 17.4 Å². The van der Waals surface area contributed by atoms with Crippen LogP contribution in [0.5, 0.6) is 0 Å². The van der Waals surface area contributed by atoms with E-state index in [2.05, 4.69) is 10.6 Å². The second-order valence-corrected chi connectivity index (χ2v) is 9.95. The highest BCUT2D eigenvalue weighted by Crippen LogP contribution is 2.49. The highest BCUT2D eigenvalue weighted by molar-refractivity contribution is 7.17. The van der Waals surface area contributed by atoms with Crippen molar-refractivity contribution < 1.29 is 19.5 Å². The van der Waals surface area contributed by atoms with Gasteiger partial charge in [-0.05, 0) is 55.9 Å². The maximum atomic E-state index is 13.1. The smallest absolute Gasteiger partial charge is 0.307 e. The number of carbonyl (C=O) groups is 3. The van der Waals surface area contributed by atoms with Gasteiger partial charge in [0.25, 0.3) is 5.91 Å². The summed E-state index contributed by atoms with van der Waals surface area (Å²) in [4.78, 5) is 39.2. The Morgan fingerprint density at radius 3 is 2.45 bits per heavy atom. The molecule has 0 aliphatic heterocycles. The maximum absolute atomic E-state index is 13.1. The molecule has 29 heavy (non-hydrogen) atoms. The van der Waals surface area contributed by atoms with E-state index in [1.165, 1.54) is 16.2 Å². The second kappa shape index (κ2) is 7.27. The molecule has 3 N–H and O–H groups in total. The number of hydrogen-bond acceptors (Lipinski definition) is 4. The highest BCUT2D eigenvalue weighted by atomic mass is 32.1. The fourth-order valence-corrected chi connectivity index (χ4v) is 7.06. The number of carboxylic acids is 1. The third-order valence-electron chi connectivity index (χ3n) is 7.12. The minimum absolute atomic E-state index is 0.0244. The van der Waals surface area contributed by atoms with Crippen LogP contribution < -0.4 is 10.6 Å². The molecule has 5 rings (SSSR count). The zero-order chi connectivity index (χ0) is 20.1. The van der Waals surface area contributed by atoms with E-state index in [9.17, 15) is 19.5 Å². The molecule has 0 saturated heterocycles. The van der Waals surface area contributed by atoms with Crippen LogP contribution >= 0.6 is 11.3 Å².